The normalized spacial score (nSPS) is 16.3. The number of methoxy groups -OCH3 is 1. The molecule has 1 unspecified atom stereocenters. The minimum absolute atomic E-state index is 0.129. The molecule has 0 N–H and O–H groups in total. The van der Waals surface area contributed by atoms with Crippen LogP contribution in [0.5, 0.6) is 0 Å². The molecule has 2 aromatic rings. The Balaban J connectivity index is 1.83. The Morgan fingerprint density at radius 2 is 2.13 bits per heavy atom. The van der Waals surface area contributed by atoms with Gasteiger partial charge in [0.2, 0.25) is 0 Å². The Morgan fingerprint density at radius 3 is 2.77 bits per heavy atom. The molecule has 0 saturated carbocycles. The van der Waals surface area contributed by atoms with E-state index in [9.17, 15) is 10.1 Å². The summed E-state index contributed by atoms with van der Waals surface area (Å²) in [6.07, 6.45) is 4.11. The molecule has 164 valence electrons. The van der Waals surface area contributed by atoms with E-state index in [1.807, 2.05) is 50.2 Å². The molecule has 2 heterocycles. The lowest BCUT2D eigenvalue weighted by Crippen LogP contribution is -2.34. The fraction of sp³-hybridized carbons (Fsp3) is 0.440. The van der Waals surface area contributed by atoms with Crippen LogP contribution in [-0.4, -0.2) is 48.3 Å². The van der Waals surface area contributed by atoms with Gasteiger partial charge < -0.3 is 18.9 Å². The first-order chi connectivity index (χ1) is 15.0. The zero-order chi connectivity index (χ0) is 22.2. The van der Waals surface area contributed by atoms with Crippen molar-refractivity contribution in [2.75, 3.05) is 26.9 Å². The van der Waals surface area contributed by atoms with Crippen LogP contribution in [0.25, 0.3) is 6.08 Å². The standard InChI is InChI=1S/C25H31N3O3/c1-19-14-22(20(2)28(19)18-24-10-7-12-31-24)15-23(16-26)25(29)27(11-13-30-3)17-21-8-5-4-6-9-21/h4-6,8-9,14-15,24H,7,10-13,17-18H2,1-3H3/b23-15+. The number of hydrogen-bond acceptors (Lipinski definition) is 4. The predicted octanol–water partition coefficient (Wildman–Crippen LogP) is 3.87. The third-order valence-electron chi connectivity index (χ3n) is 5.74. The fourth-order valence-electron chi connectivity index (χ4n) is 3.97. The number of nitriles is 1. The van der Waals surface area contributed by atoms with Gasteiger partial charge in [-0.25, -0.2) is 0 Å². The maximum atomic E-state index is 13.2. The van der Waals surface area contributed by atoms with E-state index in [-0.39, 0.29) is 17.6 Å². The molecule has 1 aliphatic rings. The van der Waals surface area contributed by atoms with Crippen molar-refractivity contribution >= 4 is 12.0 Å². The van der Waals surface area contributed by atoms with Crippen LogP contribution in [0.3, 0.4) is 0 Å². The van der Waals surface area contributed by atoms with E-state index in [2.05, 4.69) is 10.6 Å². The van der Waals surface area contributed by atoms with Crippen molar-refractivity contribution in [1.29, 1.82) is 5.26 Å². The average molecular weight is 422 g/mol. The lowest BCUT2D eigenvalue weighted by molar-refractivity contribution is -0.127. The predicted molar refractivity (Wildman–Crippen MR) is 120 cm³/mol. The Labute approximate surface area is 184 Å². The number of hydrogen-bond donors (Lipinski definition) is 0. The van der Waals surface area contributed by atoms with Crippen LogP contribution < -0.4 is 0 Å². The van der Waals surface area contributed by atoms with Crippen molar-refractivity contribution in [2.45, 2.75) is 45.9 Å². The minimum atomic E-state index is -0.285. The van der Waals surface area contributed by atoms with Crippen LogP contribution >= 0.6 is 0 Å². The van der Waals surface area contributed by atoms with Gasteiger partial charge in [0, 0.05) is 44.7 Å². The Morgan fingerprint density at radius 1 is 1.35 bits per heavy atom. The number of rotatable bonds is 9. The molecular formula is C25H31N3O3. The van der Waals surface area contributed by atoms with Crippen molar-refractivity contribution in [3.8, 4) is 6.07 Å². The number of aromatic nitrogens is 1. The summed E-state index contributed by atoms with van der Waals surface area (Å²) in [6, 6.07) is 13.9. The quantitative estimate of drug-likeness (QED) is 0.455. The van der Waals surface area contributed by atoms with Crippen molar-refractivity contribution < 1.29 is 14.3 Å². The number of carbonyl (C=O) groups excluding carboxylic acids is 1. The largest absolute Gasteiger partial charge is 0.383 e. The number of benzene rings is 1. The molecule has 1 aromatic heterocycles. The van der Waals surface area contributed by atoms with Crippen molar-refractivity contribution in [3.05, 3.63) is 64.5 Å². The molecule has 1 saturated heterocycles. The third kappa shape index (κ3) is 5.84. The van der Waals surface area contributed by atoms with Gasteiger partial charge in [-0.15, -0.1) is 0 Å². The fourth-order valence-corrected chi connectivity index (χ4v) is 3.97. The zero-order valence-electron chi connectivity index (χ0n) is 18.6. The minimum Gasteiger partial charge on any atom is -0.383 e. The summed E-state index contributed by atoms with van der Waals surface area (Å²) >= 11 is 0. The number of carbonyl (C=O) groups is 1. The third-order valence-corrected chi connectivity index (χ3v) is 5.74. The summed E-state index contributed by atoms with van der Waals surface area (Å²) in [6.45, 7) is 6.96. The van der Waals surface area contributed by atoms with Gasteiger partial charge in [-0.05, 0) is 50.0 Å². The van der Waals surface area contributed by atoms with Crippen molar-refractivity contribution in [1.82, 2.24) is 9.47 Å². The highest BCUT2D eigenvalue weighted by molar-refractivity contribution is 6.01. The zero-order valence-corrected chi connectivity index (χ0v) is 18.6. The molecule has 6 heteroatoms. The van der Waals surface area contributed by atoms with E-state index in [0.717, 1.165) is 48.5 Å². The van der Waals surface area contributed by atoms with Crippen molar-refractivity contribution in [2.24, 2.45) is 0 Å². The molecule has 1 fully saturated rings. The summed E-state index contributed by atoms with van der Waals surface area (Å²) in [5.74, 6) is -0.285. The van der Waals surface area contributed by atoms with Gasteiger partial charge in [0.05, 0.1) is 12.7 Å². The second kappa shape index (κ2) is 10.9. The van der Waals surface area contributed by atoms with Gasteiger partial charge in [-0.3, -0.25) is 4.79 Å². The van der Waals surface area contributed by atoms with Gasteiger partial charge >= 0.3 is 0 Å². The number of aryl methyl sites for hydroxylation is 1. The van der Waals surface area contributed by atoms with E-state index in [1.54, 1.807) is 18.1 Å². The monoisotopic (exact) mass is 421 g/mol. The highest BCUT2D eigenvalue weighted by atomic mass is 16.5. The highest BCUT2D eigenvalue weighted by Gasteiger charge is 2.21. The number of nitrogens with zero attached hydrogens (tertiary/aromatic N) is 3. The lowest BCUT2D eigenvalue weighted by Gasteiger charge is -2.22. The highest BCUT2D eigenvalue weighted by Crippen LogP contribution is 2.22. The Kier molecular flexibility index (Phi) is 8.05. The average Bonchev–Trinajstić information content (AvgIpc) is 3.39. The van der Waals surface area contributed by atoms with Crippen LogP contribution in [0.4, 0.5) is 0 Å². The molecule has 6 nitrogen and oxygen atoms in total. The van der Waals surface area contributed by atoms with Crippen LogP contribution in [-0.2, 0) is 27.4 Å². The van der Waals surface area contributed by atoms with E-state index >= 15 is 0 Å². The lowest BCUT2D eigenvalue weighted by atomic mass is 10.1. The molecule has 1 atom stereocenters. The van der Waals surface area contributed by atoms with Gasteiger partial charge in [0.15, 0.2) is 0 Å². The summed E-state index contributed by atoms with van der Waals surface area (Å²) in [5.41, 5.74) is 4.18. The van der Waals surface area contributed by atoms with E-state index < -0.39 is 0 Å². The van der Waals surface area contributed by atoms with Crippen LogP contribution in [0.2, 0.25) is 0 Å². The molecule has 31 heavy (non-hydrogen) atoms. The first-order valence-corrected chi connectivity index (χ1v) is 10.8. The molecule has 1 amide bonds. The molecule has 0 aliphatic carbocycles. The molecule has 0 spiro atoms. The summed E-state index contributed by atoms with van der Waals surface area (Å²) < 4.78 is 13.2. The van der Waals surface area contributed by atoms with E-state index in [0.29, 0.717) is 19.7 Å². The van der Waals surface area contributed by atoms with Gasteiger partial charge in [-0.2, -0.15) is 5.26 Å². The second-order valence-corrected chi connectivity index (χ2v) is 7.95. The molecular weight excluding hydrogens is 390 g/mol. The molecule has 1 aliphatic heterocycles. The molecule has 0 radical (unpaired) electrons. The van der Waals surface area contributed by atoms with Crippen LogP contribution in [0.15, 0.2) is 42.0 Å². The maximum absolute atomic E-state index is 13.2. The van der Waals surface area contributed by atoms with E-state index in [1.165, 1.54) is 0 Å². The van der Waals surface area contributed by atoms with Gasteiger partial charge in [-0.1, -0.05) is 30.3 Å². The van der Waals surface area contributed by atoms with Crippen LogP contribution in [0, 0.1) is 25.2 Å². The molecule has 0 bridgehead atoms. The maximum Gasteiger partial charge on any atom is 0.264 e. The topological polar surface area (TPSA) is 67.5 Å². The number of ether oxygens (including phenoxy) is 2. The summed E-state index contributed by atoms with van der Waals surface area (Å²) in [4.78, 5) is 14.9. The van der Waals surface area contributed by atoms with Crippen LogP contribution in [0.1, 0.15) is 35.4 Å². The SMILES string of the molecule is COCCN(Cc1ccccc1)C(=O)/C(C#N)=C/c1cc(C)n(CC2CCCO2)c1C. The Bertz CT molecular complexity index is 950. The van der Waals surface area contributed by atoms with Crippen molar-refractivity contribution in [3.63, 3.8) is 0 Å². The molecule has 1 aromatic carbocycles. The first kappa shape index (κ1) is 22.8. The number of amides is 1. The summed E-state index contributed by atoms with van der Waals surface area (Å²) in [5, 5.41) is 9.77. The van der Waals surface area contributed by atoms with E-state index in [4.69, 9.17) is 9.47 Å². The smallest absolute Gasteiger partial charge is 0.264 e. The second-order valence-electron chi connectivity index (χ2n) is 7.95. The molecule has 3 rings (SSSR count). The Hall–Kier alpha value is -2.88. The van der Waals surface area contributed by atoms with Gasteiger partial charge in [0.1, 0.15) is 11.6 Å². The van der Waals surface area contributed by atoms with Gasteiger partial charge in [0.25, 0.3) is 5.91 Å². The first-order valence-electron chi connectivity index (χ1n) is 10.8. The summed E-state index contributed by atoms with van der Waals surface area (Å²) in [7, 11) is 1.61.